The second kappa shape index (κ2) is 7.04. The van der Waals surface area contributed by atoms with E-state index in [2.05, 4.69) is 37.2 Å². The van der Waals surface area contributed by atoms with Crippen molar-refractivity contribution in [3.63, 3.8) is 0 Å². The summed E-state index contributed by atoms with van der Waals surface area (Å²) < 4.78 is 1.63. The lowest BCUT2D eigenvalue weighted by atomic mass is 10.2. The van der Waals surface area contributed by atoms with Crippen molar-refractivity contribution in [3.8, 4) is 6.07 Å². The molecule has 1 aromatic carbocycles. The fraction of sp³-hybridized carbons (Fsp3) is 0.273. The van der Waals surface area contributed by atoms with E-state index in [9.17, 15) is 4.79 Å². The zero-order valence-electron chi connectivity index (χ0n) is 9.04. The normalized spacial score (nSPS) is 11.6. The number of nitrogens with zero attached hydrogens (tertiary/aromatic N) is 1. The van der Waals surface area contributed by atoms with Crippen LogP contribution in [-0.2, 0) is 0 Å². The molecule has 0 spiro atoms. The molecule has 1 rings (SSSR count). The number of rotatable bonds is 4. The molecule has 17 heavy (non-hydrogen) atoms. The maximum atomic E-state index is 11.9. The topological polar surface area (TPSA) is 52.9 Å². The number of thioether (sulfide) groups is 1. The molecule has 0 aliphatic rings. The third-order valence-electron chi connectivity index (χ3n) is 1.84. The van der Waals surface area contributed by atoms with E-state index in [1.54, 1.807) is 12.1 Å². The second-order valence-electron chi connectivity index (χ2n) is 3.10. The van der Waals surface area contributed by atoms with Crippen LogP contribution in [0.2, 0.25) is 0 Å². The molecule has 1 atom stereocenters. The van der Waals surface area contributed by atoms with E-state index in [0.29, 0.717) is 5.56 Å². The summed E-state index contributed by atoms with van der Waals surface area (Å²) in [4.78, 5) is 11.9. The van der Waals surface area contributed by atoms with Gasteiger partial charge in [-0.2, -0.15) is 5.26 Å². The lowest BCUT2D eigenvalue weighted by Crippen LogP contribution is -2.31. The predicted octanol–water partition coefficient (Wildman–Crippen LogP) is 3.54. The van der Waals surface area contributed by atoms with Crippen LogP contribution >= 0.6 is 43.6 Å². The van der Waals surface area contributed by atoms with Crippen LogP contribution in [-0.4, -0.2) is 17.0 Å². The predicted molar refractivity (Wildman–Crippen MR) is 76.8 cm³/mol. The standard InChI is InChI=1S/C11H10Br2N2OS/c1-2-17-10(6-14)15-11(16)7-3-8(12)5-9(13)4-7/h3-5,10H,2H2,1H3,(H,15,16). The number of amides is 1. The first-order valence-corrected chi connectivity index (χ1v) is 7.48. The van der Waals surface area contributed by atoms with Crippen LogP contribution in [0.25, 0.3) is 0 Å². The minimum absolute atomic E-state index is 0.250. The third kappa shape index (κ3) is 4.70. The van der Waals surface area contributed by atoms with Crippen LogP contribution in [0.5, 0.6) is 0 Å². The highest BCUT2D eigenvalue weighted by atomic mass is 79.9. The SMILES string of the molecule is CCSC(C#N)NC(=O)c1cc(Br)cc(Br)c1. The quantitative estimate of drug-likeness (QED) is 0.816. The highest BCUT2D eigenvalue weighted by Gasteiger charge is 2.13. The van der Waals surface area contributed by atoms with Gasteiger partial charge in [0.15, 0.2) is 5.37 Å². The third-order valence-corrected chi connectivity index (χ3v) is 3.64. The first-order valence-electron chi connectivity index (χ1n) is 4.85. The van der Waals surface area contributed by atoms with Gasteiger partial charge < -0.3 is 5.32 Å². The molecule has 0 fully saturated rings. The van der Waals surface area contributed by atoms with Crippen LogP contribution in [0.3, 0.4) is 0 Å². The Morgan fingerprint density at radius 2 is 2.06 bits per heavy atom. The summed E-state index contributed by atoms with van der Waals surface area (Å²) >= 11 is 8.02. The molecule has 1 N–H and O–H groups in total. The Bertz CT molecular complexity index is 439. The Kier molecular flexibility index (Phi) is 6.03. The van der Waals surface area contributed by atoms with Gasteiger partial charge >= 0.3 is 0 Å². The summed E-state index contributed by atoms with van der Waals surface area (Å²) in [6.07, 6.45) is 0. The first-order chi connectivity index (χ1) is 8.06. The van der Waals surface area contributed by atoms with E-state index in [-0.39, 0.29) is 5.91 Å². The van der Waals surface area contributed by atoms with Crippen molar-refractivity contribution in [1.29, 1.82) is 5.26 Å². The molecular weight excluding hydrogens is 368 g/mol. The molecular formula is C11H10Br2N2OS. The monoisotopic (exact) mass is 376 g/mol. The summed E-state index contributed by atoms with van der Waals surface area (Å²) in [5.74, 6) is 0.528. The zero-order valence-corrected chi connectivity index (χ0v) is 13.0. The Morgan fingerprint density at radius 3 is 2.53 bits per heavy atom. The van der Waals surface area contributed by atoms with Gasteiger partial charge in [0.05, 0.1) is 6.07 Å². The summed E-state index contributed by atoms with van der Waals surface area (Å²) in [5, 5.41) is 11.0. The lowest BCUT2D eigenvalue weighted by molar-refractivity contribution is 0.0955. The molecule has 0 aromatic heterocycles. The van der Waals surface area contributed by atoms with E-state index in [4.69, 9.17) is 5.26 Å². The molecule has 3 nitrogen and oxygen atoms in total. The summed E-state index contributed by atoms with van der Waals surface area (Å²) in [6, 6.07) is 7.31. The van der Waals surface area contributed by atoms with E-state index in [1.807, 2.05) is 19.1 Å². The van der Waals surface area contributed by atoms with Gasteiger partial charge in [0.25, 0.3) is 5.91 Å². The van der Waals surface area contributed by atoms with Gasteiger partial charge in [-0.15, -0.1) is 11.8 Å². The van der Waals surface area contributed by atoms with Crippen molar-refractivity contribution in [2.45, 2.75) is 12.3 Å². The van der Waals surface area contributed by atoms with E-state index in [1.165, 1.54) is 11.8 Å². The number of carbonyl (C=O) groups excluding carboxylic acids is 1. The molecule has 0 saturated carbocycles. The van der Waals surface area contributed by atoms with Gasteiger partial charge in [0, 0.05) is 14.5 Å². The minimum Gasteiger partial charge on any atom is -0.328 e. The van der Waals surface area contributed by atoms with Crippen molar-refractivity contribution >= 4 is 49.5 Å². The lowest BCUT2D eigenvalue weighted by Gasteiger charge is -2.10. The molecule has 1 amide bonds. The van der Waals surface area contributed by atoms with Gasteiger partial charge in [-0.3, -0.25) is 4.79 Å². The molecule has 1 aromatic rings. The number of nitriles is 1. The van der Waals surface area contributed by atoms with Crippen molar-refractivity contribution in [3.05, 3.63) is 32.7 Å². The summed E-state index contributed by atoms with van der Waals surface area (Å²) in [6.45, 7) is 1.94. The number of carbonyl (C=O) groups is 1. The number of hydrogen-bond donors (Lipinski definition) is 1. The fourth-order valence-corrected chi connectivity index (χ4v) is 3.06. The van der Waals surface area contributed by atoms with Crippen molar-refractivity contribution < 1.29 is 4.79 Å². The molecule has 0 saturated heterocycles. The fourth-order valence-electron chi connectivity index (χ4n) is 1.17. The average molecular weight is 378 g/mol. The van der Waals surface area contributed by atoms with Gasteiger partial charge in [0.2, 0.25) is 0 Å². The van der Waals surface area contributed by atoms with Gasteiger partial charge in [-0.05, 0) is 24.0 Å². The van der Waals surface area contributed by atoms with Crippen molar-refractivity contribution in [2.75, 3.05) is 5.75 Å². The van der Waals surface area contributed by atoms with Crippen LogP contribution < -0.4 is 5.32 Å². The Morgan fingerprint density at radius 1 is 1.47 bits per heavy atom. The first kappa shape index (κ1) is 14.6. The maximum absolute atomic E-state index is 11.9. The molecule has 6 heteroatoms. The Hall–Kier alpha value is -0.510. The van der Waals surface area contributed by atoms with Crippen LogP contribution in [0, 0.1) is 11.3 Å². The van der Waals surface area contributed by atoms with Crippen LogP contribution in [0.1, 0.15) is 17.3 Å². The second-order valence-corrected chi connectivity index (χ2v) is 6.31. The number of benzene rings is 1. The number of hydrogen-bond acceptors (Lipinski definition) is 3. The van der Waals surface area contributed by atoms with Crippen molar-refractivity contribution in [2.24, 2.45) is 0 Å². The van der Waals surface area contributed by atoms with Crippen LogP contribution in [0.15, 0.2) is 27.1 Å². The van der Waals surface area contributed by atoms with Gasteiger partial charge in [-0.25, -0.2) is 0 Å². The average Bonchev–Trinajstić information content (AvgIpc) is 2.27. The molecule has 0 heterocycles. The highest BCUT2D eigenvalue weighted by molar-refractivity contribution is 9.11. The molecule has 0 aliphatic carbocycles. The van der Waals surface area contributed by atoms with Gasteiger partial charge in [-0.1, -0.05) is 38.8 Å². The number of nitrogens with one attached hydrogen (secondary N) is 1. The Labute approximate surface area is 121 Å². The van der Waals surface area contributed by atoms with E-state index in [0.717, 1.165) is 14.7 Å². The molecule has 1 unspecified atom stereocenters. The summed E-state index contributed by atoms with van der Waals surface area (Å²) in [7, 11) is 0. The minimum atomic E-state index is -0.509. The molecule has 0 radical (unpaired) electrons. The highest BCUT2D eigenvalue weighted by Crippen LogP contribution is 2.20. The van der Waals surface area contributed by atoms with Crippen molar-refractivity contribution in [1.82, 2.24) is 5.32 Å². The summed E-state index contributed by atoms with van der Waals surface area (Å²) in [5.41, 5.74) is 0.517. The maximum Gasteiger partial charge on any atom is 0.253 e. The largest absolute Gasteiger partial charge is 0.328 e. The Balaban J connectivity index is 2.79. The molecule has 90 valence electrons. The van der Waals surface area contributed by atoms with E-state index < -0.39 is 5.37 Å². The zero-order chi connectivity index (χ0) is 12.8. The smallest absolute Gasteiger partial charge is 0.253 e. The van der Waals surface area contributed by atoms with Gasteiger partial charge in [0.1, 0.15) is 0 Å². The number of halogens is 2. The van der Waals surface area contributed by atoms with E-state index >= 15 is 0 Å². The molecule has 0 bridgehead atoms. The van der Waals surface area contributed by atoms with Crippen LogP contribution in [0.4, 0.5) is 0 Å². The molecule has 0 aliphatic heterocycles.